The largest absolute Gasteiger partial charge is 0.497 e. The summed E-state index contributed by atoms with van der Waals surface area (Å²) >= 11 is 0. The first kappa shape index (κ1) is 20.1. The molecule has 2 aromatic carbocycles. The molecule has 0 spiro atoms. The van der Waals surface area contributed by atoms with Gasteiger partial charge < -0.3 is 15.4 Å². The number of hydrogen-bond acceptors (Lipinski definition) is 4. The highest BCUT2D eigenvalue weighted by Gasteiger charge is 2.10. The van der Waals surface area contributed by atoms with Gasteiger partial charge in [0, 0.05) is 23.9 Å². The summed E-state index contributed by atoms with van der Waals surface area (Å²) in [5.74, 6) is 0.345. The molecule has 3 aromatic rings. The molecular formula is C23H23N3O3. The van der Waals surface area contributed by atoms with Gasteiger partial charge in [-0.25, -0.2) is 0 Å². The summed E-state index contributed by atoms with van der Waals surface area (Å²) in [6.45, 7) is 0.833. The third-order valence-corrected chi connectivity index (χ3v) is 4.40. The predicted octanol–water partition coefficient (Wildman–Crippen LogP) is 2.99. The maximum absolute atomic E-state index is 12.4. The highest BCUT2D eigenvalue weighted by atomic mass is 16.5. The zero-order chi connectivity index (χ0) is 20.5. The van der Waals surface area contributed by atoms with Gasteiger partial charge in [-0.1, -0.05) is 24.3 Å². The number of nitrogens with one attached hydrogen (secondary N) is 2. The number of aromatic nitrogens is 1. The number of carbonyl (C=O) groups excluding carboxylic acids is 2. The molecule has 0 saturated carbocycles. The quantitative estimate of drug-likeness (QED) is 0.621. The summed E-state index contributed by atoms with van der Waals surface area (Å²) in [4.78, 5) is 29.0. The Kier molecular flexibility index (Phi) is 6.95. The minimum Gasteiger partial charge on any atom is -0.497 e. The van der Waals surface area contributed by atoms with Gasteiger partial charge in [0.15, 0.2) is 0 Å². The molecule has 1 heterocycles. The molecule has 0 saturated heterocycles. The number of nitrogens with zero attached hydrogens (tertiary/aromatic N) is 1. The lowest BCUT2D eigenvalue weighted by molar-refractivity contribution is 0.0950. The van der Waals surface area contributed by atoms with Crippen molar-refractivity contribution in [3.8, 4) is 5.75 Å². The van der Waals surface area contributed by atoms with Gasteiger partial charge in [0.25, 0.3) is 11.8 Å². The molecule has 0 aliphatic rings. The van der Waals surface area contributed by atoms with Gasteiger partial charge in [0.1, 0.15) is 5.75 Å². The first-order valence-electron chi connectivity index (χ1n) is 9.35. The first-order valence-corrected chi connectivity index (χ1v) is 9.35. The van der Waals surface area contributed by atoms with E-state index in [0.717, 1.165) is 17.0 Å². The van der Waals surface area contributed by atoms with E-state index in [1.165, 1.54) is 0 Å². The van der Waals surface area contributed by atoms with Crippen molar-refractivity contribution in [2.75, 3.05) is 13.7 Å². The van der Waals surface area contributed by atoms with Crippen LogP contribution in [-0.2, 0) is 13.0 Å². The lowest BCUT2D eigenvalue weighted by atomic mass is 10.1. The lowest BCUT2D eigenvalue weighted by Gasteiger charge is -2.08. The Bertz CT molecular complexity index is 957. The van der Waals surface area contributed by atoms with Gasteiger partial charge in [-0.15, -0.1) is 0 Å². The number of methoxy groups -OCH3 is 1. The average molecular weight is 389 g/mol. The molecule has 0 aliphatic carbocycles. The monoisotopic (exact) mass is 389 g/mol. The van der Waals surface area contributed by atoms with Crippen LogP contribution in [-0.4, -0.2) is 30.5 Å². The predicted molar refractivity (Wildman–Crippen MR) is 111 cm³/mol. The molecule has 2 N–H and O–H groups in total. The third kappa shape index (κ3) is 5.90. The van der Waals surface area contributed by atoms with E-state index in [9.17, 15) is 9.59 Å². The van der Waals surface area contributed by atoms with Crippen molar-refractivity contribution in [2.45, 2.75) is 13.0 Å². The van der Waals surface area contributed by atoms with E-state index in [0.29, 0.717) is 30.6 Å². The second-order valence-corrected chi connectivity index (χ2v) is 6.44. The Hall–Kier alpha value is -3.67. The Balaban J connectivity index is 1.52. The highest BCUT2D eigenvalue weighted by Crippen LogP contribution is 2.11. The lowest BCUT2D eigenvalue weighted by Crippen LogP contribution is -2.27. The van der Waals surface area contributed by atoms with Crippen LogP contribution in [0.1, 0.15) is 32.0 Å². The number of pyridine rings is 1. The molecule has 6 heteroatoms. The molecule has 0 atom stereocenters. The molecule has 6 nitrogen and oxygen atoms in total. The maximum atomic E-state index is 12.4. The normalized spacial score (nSPS) is 10.2. The van der Waals surface area contributed by atoms with Crippen LogP contribution in [0.15, 0.2) is 72.9 Å². The van der Waals surface area contributed by atoms with Crippen LogP contribution >= 0.6 is 0 Å². The minimum atomic E-state index is -0.247. The molecule has 0 bridgehead atoms. The standard InChI is InChI=1S/C23H23N3O3/c1-29-21-10-8-17(9-11-21)12-14-25-22(27)18-5-4-6-19(15-18)23(28)26-16-20-7-2-3-13-24-20/h2-11,13,15H,12,14,16H2,1H3,(H,25,27)(H,26,28). The molecule has 0 fully saturated rings. The van der Waals surface area contributed by atoms with Gasteiger partial charge in [-0.05, 0) is 54.4 Å². The van der Waals surface area contributed by atoms with E-state index in [4.69, 9.17) is 4.74 Å². The number of benzene rings is 2. The summed E-state index contributed by atoms with van der Waals surface area (Å²) in [6, 6.07) is 19.9. The second kappa shape index (κ2) is 10.0. The van der Waals surface area contributed by atoms with Crippen molar-refractivity contribution in [1.29, 1.82) is 0 Å². The fourth-order valence-corrected chi connectivity index (χ4v) is 2.79. The Morgan fingerprint density at radius 1 is 0.897 bits per heavy atom. The minimum absolute atomic E-state index is 0.210. The number of carbonyl (C=O) groups is 2. The fourth-order valence-electron chi connectivity index (χ4n) is 2.79. The summed E-state index contributed by atoms with van der Waals surface area (Å²) in [6.07, 6.45) is 2.39. The van der Waals surface area contributed by atoms with Crippen LogP contribution in [0.2, 0.25) is 0 Å². The van der Waals surface area contributed by atoms with Crippen LogP contribution in [0.25, 0.3) is 0 Å². The van der Waals surface area contributed by atoms with Crippen molar-refractivity contribution in [3.63, 3.8) is 0 Å². The van der Waals surface area contributed by atoms with Crippen molar-refractivity contribution < 1.29 is 14.3 Å². The van der Waals surface area contributed by atoms with Crippen molar-refractivity contribution >= 4 is 11.8 Å². The third-order valence-electron chi connectivity index (χ3n) is 4.40. The van der Waals surface area contributed by atoms with Gasteiger partial charge >= 0.3 is 0 Å². The molecular weight excluding hydrogens is 366 g/mol. The number of amides is 2. The van der Waals surface area contributed by atoms with Crippen molar-refractivity contribution in [2.24, 2.45) is 0 Å². The van der Waals surface area contributed by atoms with E-state index in [1.54, 1.807) is 37.6 Å². The van der Waals surface area contributed by atoms with Crippen molar-refractivity contribution in [3.05, 3.63) is 95.3 Å². The molecule has 0 aliphatic heterocycles. The van der Waals surface area contributed by atoms with Crippen LogP contribution in [0.5, 0.6) is 5.75 Å². The van der Waals surface area contributed by atoms with Crippen molar-refractivity contribution in [1.82, 2.24) is 15.6 Å². The number of hydrogen-bond donors (Lipinski definition) is 2. The topological polar surface area (TPSA) is 80.3 Å². The van der Waals surface area contributed by atoms with Gasteiger partial charge in [0.2, 0.25) is 0 Å². The van der Waals surface area contributed by atoms with Crippen LogP contribution < -0.4 is 15.4 Å². The fraction of sp³-hybridized carbons (Fsp3) is 0.174. The molecule has 148 valence electrons. The maximum Gasteiger partial charge on any atom is 0.251 e. The molecule has 0 unspecified atom stereocenters. The van der Waals surface area contributed by atoms with E-state index >= 15 is 0 Å². The summed E-state index contributed by atoms with van der Waals surface area (Å²) in [5, 5.41) is 5.70. The van der Waals surface area contributed by atoms with Crippen LogP contribution in [0.3, 0.4) is 0 Å². The van der Waals surface area contributed by atoms with Crippen LogP contribution in [0, 0.1) is 0 Å². The molecule has 2 amide bonds. The first-order chi connectivity index (χ1) is 14.2. The van der Waals surface area contributed by atoms with Gasteiger partial charge in [-0.2, -0.15) is 0 Å². The number of ether oxygens (including phenoxy) is 1. The SMILES string of the molecule is COc1ccc(CCNC(=O)c2cccc(C(=O)NCc3ccccn3)c2)cc1. The molecule has 3 rings (SSSR count). The van der Waals surface area contributed by atoms with E-state index in [1.807, 2.05) is 42.5 Å². The van der Waals surface area contributed by atoms with E-state index < -0.39 is 0 Å². The molecule has 29 heavy (non-hydrogen) atoms. The average Bonchev–Trinajstić information content (AvgIpc) is 2.78. The Morgan fingerprint density at radius 2 is 1.62 bits per heavy atom. The molecule has 0 radical (unpaired) electrons. The summed E-state index contributed by atoms with van der Waals surface area (Å²) in [5.41, 5.74) is 2.76. The van der Waals surface area contributed by atoms with Gasteiger partial charge in [-0.3, -0.25) is 14.6 Å². The van der Waals surface area contributed by atoms with E-state index in [-0.39, 0.29) is 11.8 Å². The van der Waals surface area contributed by atoms with Gasteiger partial charge in [0.05, 0.1) is 19.3 Å². The summed E-state index contributed by atoms with van der Waals surface area (Å²) in [7, 11) is 1.63. The van der Waals surface area contributed by atoms with Crippen LogP contribution in [0.4, 0.5) is 0 Å². The molecule has 1 aromatic heterocycles. The zero-order valence-electron chi connectivity index (χ0n) is 16.2. The number of rotatable bonds is 8. The Morgan fingerprint density at radius 3 is 2.28 bits per heavy atom. The smallest absolute Gasteiger partial charge is 0.251 e. The Labute approximate surface area is 169 Å². The van der Waals surface area contributed by atoms with E-state index in [2.05, 4.69) is 15.6 Å². The second-order valence-electron chi connectivity index (χ2n) is 6.44. The summed E-state index contributed by atoms with van der Waals surface area (Å²) < 4.78 is 5.14. The zero-order valence-corrected chi connectivity index (χ0v) is 16.2. The highest BCUT2D eigenvalue weighted by molar-refractivity contribution is 5.99.